The number of sulfonamides is 1. The topological polar surface area (TPSA) is 91.8 Å². The summed E-state index contributed by atoms with van der Waals surface area (Å²) in [6, 6.07) is 13.0. The minimum Gasteiger partial charge on any atom is -0.406 e. The molecular formula is C28H28F4N4O4S. The van der Waals surface area contributed by atoms with E-state index in [0.29, 0.717) is 22.6 Å². The zero-order chi connectivity index (χ0) is 29.8. The van der Waals surface area contributed by atoms with E-state index in [-0.39, 0.29) is 29.4 Å². The molecule has 0 atom stereocenters. The van der Waals surface area contributed by atoms with E-state index in [9.17, 15) is 30.8 Å². The predicted octanol–water partition coefficient (Wildman–Crippen LogP) is 5.23. The van der Waals surface area contributed by atoms with Crippen LogP contribution in [0.2, 0.25) is 0 Å². The Hall–Kier alpha value is -4.13. The summed E-state index contributed by atoms with van der Waals surface area (Å²) in [6.45, 7) is 6.70. The molecule has 1 fully saturated rings. The molecular weight excluding hydrogens is 564 g/mol. The van der Waals surface area contributed by atoms with Gasteiger partial charge in [0.25, 0.3) is 15.9 Å². The lowest BCUT2D eigenvalue weighted by atomic mass is 10.1. The van der Waals surface area contributed by atoms with Crippen molar-refractivity contribution >= 4 is 21.7 Å². The van der Waals surface area contributed by atoms with Gasteiger partial charge in [0.05, 0.1) is 10.6 Å². The third kappa shape index (κ3) is 7.34. The highest BCUT2D eigenvalue weighted by Crippen LogP contribution is 2.29. The van der Waals surface area contributed by atoms with Gasteiger partial charge < -0.3 is 15.0 Å². The number of hydrogen-bond donors (Lipinski definition) is 1. The number of halogens is 4. The molecule has 2 heterocycles. The second-order valence-electron chi connectivity index (χ2n) is 9.24. The molecule has 0 bridgehead atoms. The van der Waals surface area contributed by atoms with Crippen molar-refractivity contribution in [2.24, 2.45) is 0 Å². The van der Waals surface area contributed by atoms with Crippen LogP contribution in [-0.2, 0) is 21.4 Å². The number of amides is 1. The fourth-order valence-electron chi connectivity index (χ4n) is 4.39. The molecule has 0 spiro atoms. The summed E-state index contributed by atoms with van der Waals surface area (Å²) in [6.07, 6.45) is -2.84. The minimum absolute atomic E-state index is 0.00235. The number of carbonyl (C=O) groups excluding carboxylic acids is 1. The fourth-order valence-corrected chi connectivity index (χ4v) is 5.84. The number of rotatable bonds is 10. The van der Waals surface area contributed by atoms with Crippen LogP contribution >= 0.6 is 0 Å². The number of ether oxygens (including phenoxy) is 1. The van der Waals surface area contributed by atoms with Gasteiger partial charge in [0.2, 0.25) is 0 Å². The second-order valence-corrected chi connectivity index (χ2v) is 11.1. The Kier molecular flexibility index (Phi) is 8.86. The van der Waals surface area contributed by atoms with E-state index < -0.39 is 28.1 Å². The molecule has 218 valence electrons. The van der Waals surface area contributed by atoms with Gasteiger partial charge in [0, 0.05) is 31.7 Å². The third-order valence-corrected chi connectivity index (χ3v) is 8.32. The number of pyridine rings is 1. The first-order chi connectivity index (χ1) is 19.4. The summed E-state index contributed by atoms with van der Waals surface area (Å²) < 4.78 is 81.9. The van der Waals surface area contributed by atoms with Crippen LogP contribution in [-0.4, -0.2) is 49.6 Å². The van der Waals surface area contributed by atoms with Crippen LogP contribution in [0.25, 0.3) is 11.3 Å². The predicted molar refractivity (Wildman–Crippen MR) is 145 cm³/mol. The molecule has 8 nitrogen and oxygen atoms in total. The highest BCUT2D eigenvalue weighted by molar-refractivity contribution is 7.89. The van der Waals surface area contributed by atoms with E-state index in [1.165, 1.54) is 24.3 Å². The smallest absolute Gasteiger partial charge is 0.406 e. The van der Waals surface area contributed by atoms with E-state index in [1.54, 1.807) is 19.1 Å². The van der Waals surface area contributed by atoms with Gasteiger partial charge in [-0.3, -0.25) is 9.10 Å². The number of nitrogens with one attached hydrogen (secondary N) is 1. The van der Waals surface area contributed by atoms with Crippen molar-refractivity contribution in [2.75, 3.05) is 24.5 Å². The van der Waals surface area contributed by atoms with Crippen LogP contribution < -0.4 is 15.0 Å². The molecule has 41 heavy (non-hydrogen) atoms. The summed E-state index contributed by atoms with van der Waals surface area (Å²) in [4.78, 5) is 19.6. The Labute approximate surface area is 235 Å². The Bertz CT molecular complexity index is 1510. The Balaban J connectivity index is 1.54. The Morgan fingerprint density at radius 3 is 2.29 bits per heavy atom. The van der Waals surface area contributed by atoms with Crippen molar-refractivity contribution in [1.29, 1.82) is 0 Å². The summed E-state index contributed by atoms with van der Waals surface area (Å²) in [7, 11) is -4.16. The monoisotopic (exact) mass is 592 g/mol. The molecule has 2 aromatic carbocycles. The number of nitrogens with zero attached hydrogens (tertiary/aromatic N) is 3. The summed E-state index contributed by atoms with van der Waals surface area (Å²) in [5, 5.41) is 2.68. The van der Waals surface area contributed by atoms with Crippen molar-refractivity contribution in [3.05, 3.63) is 84.3 Å². The molecule has 0 unspecified atom stereocenters. The first kappa shape index (κ1) is 29.8. The lowest BCUT2D eigenvalue weighted by molar-refractivity contribution is -0.274. The summed E-state index contributed by atoms with van der Waals surface area (Å²) >= 11 is 0. The Morgan fingerprint density at radius 1 is 1.07 bits per heavy atom. The maximum atomic E-state index is 13.3. The highest BCUT2D eigenvalue weighted by Gasteiger charge is 2.31. The van der Waals surface area contributed by atoms with Crippen LogP contribution in [0, 0.1) is 5.82 Å². The van der Waals surface area contributed by atoms with Gasteiger partial charge in [-0.2, -0.15) is 0 Å². The van der Waals surface area contributed by atoms with Crippen LogP contribution in [0.1, 0.15) is 25.3 Å². The van der Waals surface area contributed by atoms with Crippen molar-refractivity contribution in [2.45, 2.75) is 37.6 Å². The maximum Gasteiger partial charge on any atom is 0.573 e. The molecule has 0 saturated carbocycles. The van der Waals surface area contributed by atoms with E-state index in [1.807, 2.05) is 0 Å². The van der Waals surface area contributed by atoms with E-state index in [2.05, 4.69) is 26.5 Å². The van der Waals surface area contributed by atoms with Crippen LogP contribution in [0.3, 0.4) is 0 Å². The standard InChI is InChI=1S/C28H28F4N4O4S/c1-3-36(41(38,39)24-12-8-22(29)9-13-24)19(2)27(37)33-18-20-16-25(34-26(17-20)35-14-4-5-15-35)21-6-10-23(11-7-21)40-28(30,31)32/h6-13,16-17H,2-5,14-15,18H2,1H3,(H,33,37). The molecule has 4 rings (SSSR count). The van der Waals surface area contributed by atoms with Crippen molar-refractivity contribution in [1.82, 2.24) is 14.6 Å². The number of benzene rings is 2. The highest BCUT2D eigenvalue weighted by atomic mass is 32.2. The second kappa shape index (κ2) is 12.2. The van der Waals surface area contributed by atoms with Crippen LogP contribution in [0.15, 0.2) is 77.8 Å². The SMILES string of the molecule is C=C(C(=O)NCc1cc(-c2ccc(OC(F)(F)F)cc2)nc(N2CCCC2)c1)N(CC)S(=O)(=O)c1ccc(F)cc1. The average Bonchev–Trinajstić information content (AvgIpc) is 3.47. The largest absolute Gasteiger partial charge is 0.573 e. The molecule has 1 N–H and O–H groups in total. The molecule has 1 saturated heterocycles. The van der Waals surface area contributed by atoms with Gasteiger partial charge in [-0.05, 0) is 86.0 Å². The number of hydrogen-bond acceptors (Lipinski definition) is 6. The van der Waals surface area contributed by atoms with Crippen molar-refractivity contribution in [3.8, 4) is 17.0 Å². The van der Waals surface area contributed by atoms with Gasteiger partial charge in [-0.15, -0.1) is 13.2 Å². The zero-order valence-corrected chi connectivity index (χ0v) is 22.9. The molecule has 13 heteroatoms. The summed E-state index contributed by atoms with van der Waals surface area (Å²) in [5.74, 6) is -1.04. The van der Waals surface area contributed by atoms with E-state index in [0.717, 1.165) is 54.5 Å². The van der Waals surface area contributed by atoms with Crippen molar-refractivity contribution < 1.29 is 35.5 Å². The van der Waals surface area contributed by atoms with Crippen LogP contribution in [0.5, 0.6) is 5.75 Å². The van der Waals surface area contributed by atoms with Gasteiger partial charge in [0.15, 0.2) is 0 Å². The van der Waals surface area contributed by atoms with Crippen molar-refractivity contribution in [3.63, 3.8) is 0 Å². The first-order valence-corrected chi connectivity index (χ1v) is 14.2. The number of anilines is 1. The van der Waals surface area contributed by atoms with Gasteiger partial charge >= 0.3 is 6.36 Å². The maximum absolute atomic E-state index is 13.3. The van der Waals surface area contributed by atoms with E-state index >= 15 is 0 Å². The van der Waals surface area contributed by atoms with Gasteiger partial charge in [-0.1, -0.05) is 6.58 Å². The molecule has 1 aliphatic rings. The number of carbonyl (C=O) groups is 1. The number of aromatic nitrogens is 1. The Morgan fingerprint density at radius 2 is 1.71 bits per heavy atom. The molecule has 0 aliphatic carbocycles. The van der Waals surface area contributed by atoms with Crippen LogP contribution in [0.4, 0.5) is 23.4 Å². The summed E-state index contributed by atoms with van der Waals surface area (Å²) in [5.41, 5.74) is 1.34. The normalized spacial score (nSPS) is 13.6. The molecule has 1 aromatic heterocycles. The average molecular weight is 593 g/mol. The van der Waals surface area contributed by atoms with Gasteiger partial charge in [0.1, 0.15) is 23.1 Å². The number of likely N-dealkylation sites (N-methyl/N-ethyl adjacent to an activating group) is 1. The van der Waals surface area contributed by atoms with E-state index in [4.69, 9.17) is 0 Å². The molecule has 1 amide bonds. The minimum atomic E-state index is -4.81. The molecule has 3 aromatic rings. The molecule has 1 aliphatic heterocycles. The fraction of sp³-hybridized carbons (Fsp3) is 0.286. The first-order valence-electron chi connectivity index (χ1n) is 12.7. The van der Waals surface area contributed by atoms with Gasteiger partial charge in [-0.25, -0.2) is 17.8 Å². The third-order valence-electron chi connectivity index (χ3n) is 6.39. The number of alkyl halides is 3. The quantitative estimate of drug-likeness (QED) is 0.256. The zero-order valence-electron chi connectivity index (χ0n) is 22.1. The lowest BCUT2D eigenvalue weighted by Crippen LogP contribution is -2.38. The molecule has 0 radical (unpaired) electrons. The lowest BCUT2D eigenvalue weighted by Gasteiger charge is -2.24.